The molecule has 3 N–H and O–H groups in total. The third-order valence-corrected chi connectivity index (χ3v) is 2.54. The maximum atomic E-state index is 11.6. The highest BCUT2D eigenvalue weighted by Crippen LogP contribution is 2.07. The van der Waals surface area contributed by atoms with E-state index in [9.17, 15) is 9.59 Å². The number of hydrogen-bond donors (Lipinski definition) is 3. The molecule has 6 nitrogen and oxygen atoms in total. The summed E-state index contributed by atoms with van der Waals surface area (Å²) in [5.41, 5.74) is 0.659. The Morgan fingerprint density at radius 3 is 2.65 bits per heavy atom. The van der Waals surface area contributed by atoms with E-state index in [4.69, 9.17) is 5.11 Å². The highest BCUT2D eigenvalue weighted by Gasteiger charge is 2.28. The van der Waals surface area contributed by atoms with Crippen molar-refractivity contribution in [1.29, 1.82) is 0 Å². The van der Waals surface area contributed by atoms with Gasteiger partial charge in [-0.05, 0) is 32.8 Å². The molecule has 1 aromatic heterocycles. The lowest BCUT2D eigenvalue weighted by molar-refractivity contribution is -0.146. The van der Waals surface area contributed by atoms with Gasteiger partial charge in [-0.1, -0.05) is 0 Å². The Labute approximate surface area is 99.4 Å². The average molecular weight is 239 g/mol. The number of hydrogen-bond acceptors (Lipinski definition) is 3. The number of rotatable bonds is 5. The number of carbonyl (C=O) groups is 2. The highest BCUT2D eigenvalue weighted by molar-refractivity contribution is 5.86. The van der Waals surface area contributed by atoms with Gasteiger partial charge in [-0.3, -0.25) is 9.89 Å². The molecule has 17 heavy (non-hydrogen) atoms. The van der Waals surface area contributed by atoms with Crippen molar-refractivity contribution in [2.45, 2.75) is 39.2 Å². The summed E-state index contributed by atoms with van der Waals surface area (Å²) in [5.74, 6) is -1.33. The van der Waals surface area contributed by atoms with Crippen molar-refractivity contribution in [3.05, 3.63) is 17.5 Å². The average Bonchev–Trinajstić information content (AvgIpc) is 2.60. The zero-order valence-corrected chi connectivity index (χ0v) is 10.2. The first-order chi connectivity index (χ1) is 7.83. The molecular weight excluding hydrogens is 222 g/mol. The van der Waals surface area contributed by atoms with Crippen molar-refractivity contribution in [2.75, 3.05) is 0 Å². The molecule has 0 aromatic carbocycles. The minimum absolute atomic E-state index is 0.247. The summed E-state index contributed by atoms with van der Waals surface area (Å²) in [5, 5.41) is 18.0. The van der Waals surface area contributed by atoms with Crippen LogP contribution < -0.4 is 5.32 Å². The zero-order valence-electron chi connectivity index (χ0n) is 10.2. The molecule has 0 aliphatic heterocycles. The van der Waals surface area contributed by atoms with E-state index in [0.717, 1.165) is 11.3 Å². The van der Waals surface area contributed by atoms with Gasteiger partial charge in [0.05, 0.1) is 6.20 Å². The molecule has 1 heterocycles. The number of nitrogens with zero attached hydrogens (tertiary/aromatic N) is 1. The normalized spacial score (nSPS) is 11.2. The van der Waals surface area contributed by atoms with E-state index < -0.39 is 11.5 Å². The predicted molar refractivity (Wildman–Crippen MR) is 61.5 cm³/mol. The summed E-state index contributed by atoms with van der Waals surface area (Å²) < 4.78 is 0. The fourth-order valence-corrected chi connectivity index (χ4v) is 1.34. The van der Waals surface area contributed by atoms with Crippen LogP contribution in [0.4, 0.5) is 0 Å². The monoisotopic (exact) mass is 239 g/mol. The van der Waals surface area contributed by atoms with E-state index >= 15 is 0 Å². The number of aromatic amines is 1. The number of nitrogens with one attached hydrogen (secondary N) is 2. The van der Waals surface area contributed by atoms with Gasteiger partial charge in [-0.2, -0.15) is 5.10 Å². The summed E-state index contributed by atoms with van der Waals surface area (Å²) in [4.78, 5) is 22.4. The number of carboxylic acids is 1. The highest BCUT2D eigenvalue weighted by atomic mass is 16.4. The summed E-state index contributed by atoms with van der Waals surface area (Å²) in [6.07, 6.45) is 2.46. The van der Waals surface area contributed by atoms with Crippen molar-refractivity contribution < 1.29 is 14.7 Å². The van der Waals surface area contributed by atoms with Gasteiger partial charge >= 0.3 is 5.97 Å². The van der Waals surface area contributed by atoms with Gasteiger partial charge in [0.25, 0.3) is 0 Å². The van der Waals surface area contributed by atoms with E-state index in [1.54, 1.807) is 6.20 Å². The molecule has 94 valence electrons. The predicted octanol–water partition coefficient (Wildman–Crippen LogP) is 0.630. The van der Waals surface area contributed by atoms with Crippen molar-refractivity contribution in [1.82, 2.24) is 15.5 Å². The number of aromatic nitrogens is 2. The second kappa shape index (κ2) is 4.99. The van der Waals surface area contributed by atoms with Crippen LogP contribution in [0.1, 0.15) is 31.5 Å². The number of amides is 1. The summed E-state index contributed by atoms with van der Waals surface area (Å²) >= 11 is 0. The van der Waals surface area contributed by atoms with E-state index in [1.807, 2.05) is 6.92 Å². The SMILES string of the molecule is Cc1[nH]ncc1CCC(=O)NC(C)(C)C(=O)O. The van der Waals surface area contributed by atoms with Gasteiger partial charge in [-0.25, -0.2) is 4.79 Å². The number of carbonyl (C=O) groups excluding carboxylic acids is 1. The Morgan fingerprint density at radius 1 is 1.53 bits per heavy atom. The van der Waals surface area contributed by atoms with Gasteiger partial charge in [0.1, 0.15) is 5.54 Å². The molecule has 0 saturated carbocycles. The summed E-state index contributed by atoms with van der Waals surface area (Å²) in [7, 11) is 0. The van der Waals surface area contributed by atoms with Gasteiger partial charge in [-0.15, -0.1) is 0 Å². The first-order valence-electron chi connectivity index (χ1n) is 5.36. The van der Waals surface area contributed by atoms with Crippen LogP contribution in [-0.2, 0) is 16.0 Å². The minimum atomic E-state index is -1.23. The van der Waals surface area contributed by atoms with Crippen LogP contribution in [0.3, 0.4) is 0 Å². The van der Waals surface area contributed by atoms with Gasteiger partial charge in [0.2, 0.25) is 5.91 Å². The van der Waals surface area contributed by atoms with Gasteiger partial charge in [0.15, 0.2) is 0 Å². The molecule has 6 heteroatoms. The smallest absolute Gasteiger partial charge is 0.328 e. The molecule has 0 spiro atoms. The van der Waals surface area contributed by atoms with Crippen molar-refractivity contribution >= 4 is 11.9 Å². The van der Waals surface area contributed by atoms with Gasteiger partial charge in [0, 0.05) is 12.1 Å². The summed E-state index contributed by atoms with van der Waals surface area (Å²) in [6.45, 7) is 4.79. The third kappa shape index (κ3) is 3.58. The Balaban J connectivity index is 2.46. The Bertz CT molecular complexity index is 423. The molecule has 0 radical (unpaired) electrons. The van der Waals surface area contributed by atoms with Crippen LogP contribution in [-0.4, -0.2) is 32.7 Å². The van der Waals surface area contributed by atoms with Crippen LogP contribution in [0.5, 0.6) is 0 Å². The number of aryl methyl sites for hydroxylation is 2. The molecule has 0 saturated heterocycles. The van der Waals surface area contributed by atoms with E-state index in [-0.39, 0.29) is 12.3 Å². The topological polar surface area (TPSA) is 95.1 Å². The fourth-order valence-electron chi connectivity index (χ4n) is 1.34. The van der Waals surface area contributed by atoms with E-state index in [1.165, 1.54) is 13.8 Å². The number of H-pyrrole nitrogens is 1. The molecule has 0 bridgehead atoms. The molecule has 1 amide bonds. The molecule has 0 aliphatic rings. The molecule has 0 fully saturated rings. The Morgan fingerprint density at radius 2 is 2.18 bits per heavy atom. The molecule has 0 atom stereocenters. The molecular formula is C11H17N3O3. The minimum Gasteiger partial charge on any atom is -0.480 e. The summed E-state index contributed by atoms with van der Waals surface area (Å²) in [6, 6.07) is 0. The molecule has 1 aromatic rings. The third-order valence-electron chi connectivity index (χ3n) is 2.54. The van der Waals surface area contributed by atoms with E-state index in [2.05, 4.69) is 15.5 Å². The number of aliphatic carboxylic acids is 1. The lowest BCUT2D eigenvalue weighted by Crippen LogP contribution is -2.49. The quantitative estimate of drug-likeness (QED) is 0.702. The molecule has 0 unspecified atom stereocenters. The van der Waals surface area contributed by atoms with Crippen LogP contribution in [0.25, 0.3) is 0 Å². The second-order valence-corrected chi connectivity index (χ2v) is 4.50. The standard InChI is InChI=1S/C11H17N3O3/c1-7-8(6-12-14-7)4-5-9(15)13-11(2,3)10(16)17/h6H,4-5H2,1-3H3,(H,12,14)(H,13,15)(H,16,17). The van der Waals surface area contributed by atoms with Crippen molar-refractivity contribution in [3.8, 4) is 0 Å². The van der Waals surface area contributed by atoms with Crippen molar-refractivity contribution in [3.63, 3.8) is 0 Å². The zero-order chi connectivity index (χ0) is 13.1. The second-order valence-electron chi connectivity index (χ2n) is 4.50. The Hall–Kier alpha value is -1.85. The largest absolute Gasteiger partial charge is 0.480 e. The molecule has 1 rings (SSSR count). The van der Waals surface area contributed by atoms with Gasteiger partial charge < -0.3 is 10.4 Å². The van der Waals surface area contributed by atoms with E-state index in [0.29, 0.717) is 6.42 Å². The lowest BCUT2D eigenvalue weighted by atomic mass is 10.1. The fraction of sp³-hybridized carbons (Fsp3) is 0.545. The number of carboxylic acid groups (broad SMARTS) is 1. The first-order valence-corrected chi connectivity index (χ1v) is 5.36. The van der Waals surface area contributed by atoms with Crippen LogP contribution in [0.2, 0.25) is 0 Å². The maximum absolute atomic E-state index is 11.6. The Kier molecular flexibility index (Phi) is 3.88. The molecule has 0 aliphatic carbocycles. The van der Waals surface area contributed by atoms with Crippen LogP contribution in [0, 0.1) is 6.92 Å². The lowest BCUT2D eigenvalue weighted by Gasteiger charge is -2.20. The van der Waals surface area contributed by atoms with Crippen LogP contribution >= 0.6 is 0 Å². The van der Waals surface area contributed by atoms with Crippen molar-refractivity contribution in [2.24, 2.45) is 0 Å². The van der Waals surface area contributed by atoms with Crippen LogP contribution in [0.15, 0.2) is 6.20 Å². The maximum Gasteiger partial charge on any atom is 0.328 e. The first kappa shape index (κ1) is 13.2.